The Morgan fingerprint density at radius 1 is 0.970 bits per heavy atom. The van der Waals surface area contributed by atoms with E-state index in [1.54, 1.807) is 13.2 Å². The van der Waals surface area contributed by atoms with Crippen LogP contribution in [-0.2, 0) is 17.8 Å². The molecule has 0 radical (unpaired) electrons. The van der Waals surface area contributed by atoms with Gasteiger partial charge in [-0.05, 0) is 67.4 Å². The number of aryl methyl sites for hydroxylation is 1. The molecule has 0 heterocycles. The second kappa shape index (κ2) is 13.3. The molecule has 0 bridgehead atoms. The van der Waals surface area contributed by atoms with E-state index in [2.05, 4.69) is 10.6 Å². The Bertz CT molecular complexity index is 1060. The van der Waals surface area contributed by atoms with Crippen molar-refractivity contribution in [2.75, 3.05) is 25.6 Å². The lowest BCUT2D eigenvalue weighted by molar-refractivity contribution is -0.118. The van der Waals surface area contributed by atoms with E-state index in [0.717, 1.165) is 35.3 Å². The summed E-state index contributed by atoms with van der Waals surface area (Å²) in [4.78, 5) is 12.2. The Morgan fingerprint density at radius 3 is 2.42 bits per heavy atom. The number of halogens is 3. The van der Waals surface area contributed by atoms with Gasteiger partial charge in [-0.1, -0.05) is 53.0 Å². The predicted octanol–water partition coefficient (Wildman–Crippen LogP) is 6.08. The second-order valence-corrected chi connectivity index (χ2v) is 8.19. The van der Waals surface area contributed by atoms with E-state index in [1.807, 2.05) is 61.5 Å². The first kappa shape index (κ1) is 26.8. The van der Waals surface area contributed by atoms with E-state index in [4.69, 9.17) is 32.7 Å². The second-order valence-electron chi connectivity index (χ2n) is 7.35. The predicted molar refractivity (Wildman–Crippen MR) is 137 cm³/mol. The number of carbonyl (C=O) groups is 1. The fourth-order valence-corrected chi connectivity index (χ4v) is 3.60. The molecule has 8 heteroatoms. The van der Waals surface area contributed by atoms with Gasteiger partial charge in [0.05, 0.1) is 7.11 Å². The van der Waals surface area contributed by atoms with Crippen LogP contribution in [0.15, 0.2) is 60.7 Å². The number of nitrogens with one attached hydrogen (secondary N) is 2. The number of methoxy groups -OCH3 is 1. The third-order valence-corrected chi connectivity index (χ3v) is 5.42. The first-order chi connectivity index (χ1) is 15.4. The molecule has 3 aromatic rings. The number of ether oxygens (including phenoxy) is 2. The molecule has 2 N–H and O–H groups in total. The lowest BCUT2D eigenvalue weighted by atomic mass is 10.1. The van der Waals surface area contributed by atoms with Crippen molar-refractivity contribution in [2.45, 2.75) is 19.9 Å². The summed E-state index contributed by atoms with van der Waals surface area (Å²) in [5, 5.41) is 7.51. The molecular weight excluding hydrogens is 483 g/mol. The van der Waals surface area contributed by atoms with Crippen LogP contribution >= 0.6 is 35.6 Å². The fourth-order valence-electron chi connectivity index (χ4n) is 3.10. The van der Waals surface area contributed by atoms with Crippen LogP contribution in [0.5, 0.6) is 11.5 Å². The summed E-state index contributed by atoms with van der Waals surface area (Å²) in [6.07, 6.45) is 0.796. The summed E-state index contributed by atoms with van der Waals surface area (Å²) >= 11 is 12.2. The van der Waals surface area contributed by atoms with Crippen molar-refractivity contribution in [1.82, 2.24) is 5.32 Å². The summed E-state index contributed by atoms with van der Waals surface area (Å²) in [5.41, 5.74) is 3.96. The molecule has 0 spiro atoms. The summed E-state index contributed by atoms with van der Waals surface area (Å²) in [6, 6.07) is 18.8. The van der Waals surface area contributed by atoms with E-state index in [1.165, 1.54) is 0 Å². The highest BCUT2D eigenvalue weighted by Gasteiger charge is 2.09. The normalized spacial score (nSPS) is 10.3. The maximum atomic E-state index is 12.2. The number of rotatable bonds is 10. The van der Waals surface area contributed by atoms with Gasteiger partial charge in [0, 0.05) is 22.3 Å². The van der Waals surface area contributed by atoms with Crippen LogP contribution < -0.4 is 20.1 Å². The van der Waals surface area contributed by atoms with Crippen molar-refractivity contribution >= 4 is 47.2 Å². The molecule has 5 nitrogen and oxygen atoms in total. The molecule has 0 aromatic heterocycles. The zero-order valence-electron chi connectivity index (χ0n) is 18.5. The number of carbonyl (C=O) groups excluding carboxylic acids is 1. The number of hydrogen-bond acceptors (Lipinski definition) is 4. The van der Waals surface area contributed by atoms with Crippen molar-refractivity contribution in [1.29, 1.82) is 0 Å². The minimum absolute atomic E-state index is 0. The molecule has 1 amide bonds. The third kappa shape index (κ3) is 8.45. The first-order valence-corrected chi connectivity index (χ1v) is 11.0. The molecule has 0 aliphatic carbocycles. The van der Waals surface area contributed by atoms with Crippen LogP contribution in [0.3, 0.4) is 0 Å². The van der Waals surface area contributed by atoms with Crippen molar-refractivity contribution in [3.63, 3.8) is 0 Å². The molecule has 176 valence electrons. The highest BCUT2D eigenvalue weighted by atomic mass is 35.5. The topological polar surface area (TPSA) is 59.6 Å². The van der Waals surface area contributed by atoms with Gasteiger partial charge in [-0.15, -0.1) is 12.4 Å². The van der Waals surface area contributed by atoms with Crippen molar-refractivity contribution < 1.29 is 14.3 Å². The van der Waals surface area contributed by atoms with E-state index in [9.17, 15) is 4.79 Å². The molecule has 0 fully saturated rings. The molecule has 3 aromatic carbocycles. The Kier molecular flexibility index (Phi) is 10.8. The quantitative estimate of drug-likeness (QED) is 0.325. The highest BCUT2D eigenvalue weighted by Crippen LogP contribution is 2.28. The van der Waals surface area contributed by atoms with Crippen LogP contribution in [0.1, 0.15) is 16.7 Å². The number of benzene rings is 3. The number of anilines is 1. The molecule has 0 saturated heterocycles. The largest absolute Gasteiger partial charge is 0.493 e. The summed E-state index contributed by atoms with van der Waals surface area (Å²) in [6.45, 7) is 3.32. The van der Waals surface area contributed by atoms with E-state index in [0.29, 0.717) is 28.1 Å². The molecule has 0 unspecified atom stereocenters. The van der Waals surface area contributed by atoms with Gasteiger partial charge in [-0.2, -0.15) is 0 Å². The molecule has 0 saturated carbocycles. The number of hydrogen-bond donors (Lipinski definition) is 2. The summed E-state index contributed by atoms with van der Waals surface area (Å²) in [7, 11) is 1.58. The number of amides is 1. The molecule has 0 aliphatic rings. The smallest absolute Gasteiger partial charge is 0.262 e. The van der Waals surface area contributed by atoms with Gasteiger partial charge < -0.3 is 20.1 Å². The van der Waals surface area contributed by atoms with Gasteiger partial charge >= 0.3 is 0 Å². The van der Waals surface area contributed by atoms with Crippen LogP contribution in [0, 0.1) is 6.92 Å². The van der Waals surface area contributed by atoms with E-state index >= 15 is 0 Å². The standard InChI is InChI=1S/C25H26Cl2N2O3.ClH/c1-17-3-8-21(9-4-17)29-25(30)16-32-23-10-5-18(13-24(23)31-2)15-28-12-11-19-6-7-20(26)14-22(19)27;/h3-10,13-14,28H,11-12,15-16H2,1-2H3,(H,29,30);1H. The Balaban J connectivity index is 0.00000385. The Labute approximate surface area is 210 Å². The summed E-state index contributed by atoms with van der Waals surface area (Å²) < 4.78 is 11.1. The van der Waals surface area contributed by atoms with Gasteiger partial charge in [0.25, 0.3) is 5.91 Å². The highest BCUT2D eigenvalue weighted by molar-refractivity contribution is 6.35. The van der Waals surface area contributed by atoms with Gasteiger partial charge in [0.15, 0.2) is 18.1 Å². The minimum Gasteiger partial charge on any atom is -0.493 e. The van der Waals surface area contributed by atoms with Gasteiger partial charge in [-0.25, -0.2) is 0 Å². The maximum absolute atomic E-state index is 12.2. The molecule has 0 aliphatic heterocycles. The molecule has 3 rings (SSSR count). The molecular formula is C25H27Cl3N2O3. The van der Waals surface area contributed by atoms with Gasteiger partial charge in [-0.3, -0.25) is 4.79 Å². The molecule has 0 atom stereocenters. The SMILES string of the molecule is COc1cc(CNCCc2ccc(Cl)cc2Cl)ccc1OCC(=O)Nc1ccc(C)cc1.Cl. The zero-order chi connectivity index (χ0) is 22.9. The summed E-state index contributed by atoms with van der Waals surface area (Å²) in [5.74, 6) is 0.860. The van der Waals surface area contributed by atoms with Crippen LogP contribution in [0.4, 0.5) is 5.69 Å². The van der Waals surface area contributed by atoms with Gasteiger partial charge in [0.2, 0.25) is 0 Å². The van der Waals surface area contributed by atoms with Crippen molar-refractivity contribution in [2.24, 2.45) is 0 Å². The van der Waals surface area contributed by atoms with Crippen LogP contribution in [0.25, 0.3) is 0 Å². The average molecular weight is 510 g/mol. The Hall–Kier alpha value is -2.44. The average Bonchev–Trinajstić information content (AvgIpc) is 2.78. The van der Waals surface area contributed by atoms with Crippen LogP contribution in [-0.4, -0.2) is 26.2 Å². The van der Waals surface area contributed by atoms with Crippen LogP contribution in [0.2, 0.25) is 10.0 Å². The van der Waals surface area contributed by atoms with Gasteiger partial charge in [0.1, 0.15) is 0 Å². The van der Waals surface area contributed by atoms with E-state index in [-0.39, 0.29) is 24.9 Å². The third-order valence-electron chi connectivity index (χ3n) is 4.84. The lowest BCUT2D eigenvalue weighted by Crippen LogP contribution is -2.20. The van der Waals surface area contributed by atoms with Crippen molar-refractivity contribution in [3.8, 4) is 11.5 Å². The minimum atomic E-state index is -0.234. The van der Waals surface area contributed by atoms with Crippen molar-refractivity contribution in [3.05, 3.63) is 87.4 Å². The monoisotopic (exact) mass is 508 g/mol. The maximum Gasteiger partial charge on any atom is 0.262 e. The first-order valence-electron chi connectivity index (χ1n) is 10.3. The molecule has 33 heavy (non-hydrogen) atoms. The Morgan fingerprint density at radius 2 is 1.73 bits per heavy atom. The fraction of sp³-hybridized carbons (Fsp3) is 0.240. The lowest BCUT2D eigenvalue weighted by Gasteiger charge is -2.13. The zero-order valence-corrected chi connectivity index (χ0v) is 20.8. The van der Waals surface area contributed by atoms with E-state index < -0.39 is 0 Å².